The highest BCUT2D eigenvalue weighted by Gasteiger charge is 2.08. The van der Waals surface area contributed by atoms with Gasteiger partial charge in [0.25, 0.3) is 0 Å². The summed E-state index contributed by atoms with van der Waals surface area (Å²) in [6.07, 6.45) is 1.76. The highest BCUT2D eigenvalue weighted by Crippen LogP contribution is 2.36. The Balaban J connectivity index is 2.03. The summed E-state index contributed by atoms with van der Waals surface area (Å²) in [5.74, 6) is -0.719. The lowest BCUT2D eigenvalue weighted by molar-refractivity contribution is -0.137. The number of carbonyl (C=O) groups is 1. The van der Waals surface area contributed by atoms with E-state index in [1.807, 2.05) is 11.3 Å². The van der Waals surface area contributed by atoms with Gasteiger partial charge in [0.1, 0.15) is 0 Å². The number of hydrogen-bond acceptors (Lipinski definition) is 2. The molecule has 0 aliphatic heterocycles. The van der Waals surface area contributed by atoms with Crippen LogP contribution in [-0.2, 0) is 11.2 Å². The van der Waals surface area contributed by atoms with E-state index in [0.29, 0.717) is 6.42 Å². The Kier molecular flexibility index (Phi) is 3.45. The minimum atomic E-state index is -0.719. The number of carboxylic acids is 1. The van der Waals surface area contributed by atoms with Gasteiger partial charge in [0, 0.05) is 26.6 Å². The van der Waals surface area contributed by atoms with Crippen molar-refractivity contribution in [1.29, 1.82) is 0 Å². The number of rotatable bonds is 4. The molecule has 0 saturated heterocycles. The Bertz CT molecular complexity index is 786. The zero-order chi connectivity index (χ0) is 14.1. The third-order valence-electron chi connectivity index (χ3n) is 3.58. The lowest BCUT2D eigenvalue weighted by Crippen LogP contribution is -1.96. The topological polar surface area (TPSA) is 37.3 Å². The first-order chi connectivity index (χ1) is 9.65. The lowest BCUT2D eigenvalue weighted by atomic mass is 10.0. The van der Waals surface area contributed by atoms with Crippen molar-refractivity contribution in [3.8, 4) is 0 Å². The molecular formula is C17H16O2S. The molecule has 3 heteroatoms. The van der Waals surface area contributed by atoms with Gasteiger partial charge in [0.2, 0.25) is 0 Å². The summed E-state index contributed by atoms with van der Waals surface area (Å²) in [5, 5.41) is 11.3. The van der Waals surface area contributed by atoms with E-state index in [1.165, 1.54) is 31.3 Å². The molecule has 3 aromatic rings. The monoisotopic (exact) mass is 284 g/mol. The third-order valence-corrected chi connectivity index (χ3v) is 4.90. The van der Waals surface area contributed by atoms with E-state index >= 15 is 0 Å². The largest absolute Gasteiger partial charge is 0.481 e. The molecule has 0 saturated carbocycles. The zero-order valence-corrected chi connectivity index (χ0v) is 12.2. The van der Waals surface area contributed by atoms with Crippen LogP contribution >= 0.6 is 11.3 Å². The number of aliphatic carboxylic acids is 1. The normalized spacial score (nSPS) is 11.2. The predicted molar refractivity (Wildman–Crippen MR) is 84.6 cm³/mol. The van der Waals surface area contributed by atoms with Gasteiger partial charge in [-0.3, -0.25) is 4.79 Å². The molecule has 0 unspecified atom stereocenters. The van der Waals surface area contributed by atoms with Gasteiger partial charge < -0.3 is 5.11 Å². The Morgan fingerprint density at radius 1 is 1.20 bits per heavy atom. The zero-order valence-electron chi connectivity index (χ0n) is 11.3. The average molecular weight is 284 g/mol. The molecule has 0 atom stereocenters. The van der Waals surface area contributed by atoms with Gasteiger partial charge in [-0.15, -0.1) is 11.3 Å². The molecule has 0 amide bonds. The van der Waals surface area contributed by atoms with Gasteiger partial charge in [0.05, 0.1) is 0 Å². The van der Waals surface area contributed by atoms with Crippen LogP contribution in [0.1, 0.15) is 24.0 Å². The van der Waals surface area contributed by atoms with E-state index in [9.17, 15) is 4.79 Å². The number of benzene rings is 2. The summed E-state index contributed by atoms with van der Waals surface area (Å²) in [4.78, 5) is 10.6. The van der Waals surface area contributed by atoms with Gasteiger partial charge >= 0.3 is 5.97 Å². The van der Waals surface area contributed by atoms with Crippen molar-refractivity contribution in [3.05, 3.63) is 47.5 Å². The summed E-state index contributed by atoms with van der Waals surface area (Å²) < 4.78 is 2.65. The van der Waals surface area contributed by atoms with E-state index in [1.54, 1.807) is 0 Å². The molecule has 0 aliphatic carbocycles. The van der Waals surface area contributed by atoms with Gasteiger partial charge in [-0.1, -0.05) is 24.3 Å². The van der Waals surface area contributed by atoms with Crippen LogP contribution in [0.3, 0.4) is 0 Å². The van der Waals surface area contributed by atoms with Crippen molar-refractivity contribution < 1.29 is 9.90 Å². The first kappa shape index (κ1) is 13.1. The number of thiophene rings is 1. The molecule has 0 aliphatic rings. The van der Waals surface area contributed by atoms with Gasteiger partial charge in [-0.2, -0.15) is 0 Å². The van der Waals surface area contributed by atoms with Crippen molar-refractivity contribution in [1.82, 2.24) is 0 Å². The molecule has 1 heterocycles. The minimum absolute atomic E-state index is 0.238. The fourth-order valence-corrected chi connectivity index (χ4v) is 3.81. The number of hydrogen-bond donors (Lipinski definition) is 1. The second-order valence-corrected chi connectivity index (χ2v) is 6.19. The molecule has 1 aromatic heterocycles. The van der Waals surface area contributed by atoms with Crippen molar-refractivity contribution in [2.24, 2.45) is 0 Å². The molecule has 0 spiro atoms. The van der Waals surface area contributed by atoms with E-state index in [-0.39, 0.29) is 6.42 Å². The predicted octanol–water partition coefficient (Wildman–Crippen LogP) is 4.77. The van der Waals surface area contributed by atoms with Crippen LogP contribution in [0.4, 0.5) is 0 Å². The molecule has 2 aromatic carbocycles. The molecule has 20 heavy (non-hydrogen) atoms. The number of fused-ring (bicyclic) bond motifs is 3. The summed E-state index contributed by atoms with van der Waals surface area (Å²) in [6.45, 7) is 2.14. The molecule has 2 nitrogen and oxygen atoms in total. The first-order valence-corrected chi connectivity index (χ1v) is 7.59. The second kappa shape index (κ2) is 5.25. The molecule has 3 rings (SSSR count). The first-order valence-electron chi connectivity index (χ1n) is 6.78. The van der Waals surface area contributed by atoms with Crippen molar-refractivity contribution in [2.45, 2.75) is 26.2 Å². The Labute approximate surface area is 121 Å². The van der Waals surface area contributed by atoms with Crippen molar-refractivity contribution >= 4 is 37.5 Å². The fraction of sp³-hybridized carbons (Fsp3) is 0.235. The summed E-state index contributed by atoms with van der Waals surface area (Å²) in [5.41, 5.74) is 2.52. The summed E-state index contributed by atoms with van der Waals surface area (Å²) in [6, 6.07) is 12.9. The highest BCUT2D eigenvalue weighted by atomic mass is 32.1. The highest BCUT2D eigenvalue weighted by molar-refractivity contribution is 7.26. The average Bonchev–Trinajstić information content (AvgIpc) is 2.78. The van der Waals surface area contributed by atoms with Gasteiger partial charge in [-0.05, 0) is 43.0 Å². The maximum atomic E-state index is 10.6. The maximum absolute atomic E-state index is 10.6. The molecule has 0 bridgehead atoms. The van der Waals surface area contributed by atoms with Gasteiger partial charge in [0.15, 0.2) is 0 Å². The van der Waals surface area contributed by atoms with Crippen LogP contribution in [0.25, 0.3) is 20.2 Å². The minimum Gasteiger partial charge on any atom is -0.481 e. The van der Waals surface area contributed by atoms with Crippen LogP contribution in [0.2, 0.25) is 0 Å². The van der Waals surface area contributed by atoms with Crippen LogP contribution in [0.5, 0.6) is 0 Å². The smallest absolute Gasteiger partial charge is 0.303 e. The number of carboxylic acid groups (broad SMARTS) is 1. The molecule has 1 N–H and O–H groups in total. The molecule has 0 radical (unpaired) electrons. The van der Waals surface area contributed by atoms with E-state index < -0.39 is 5.97 Å². The Morgan fingerprint density at radius 3 is 2.80 bits per heavy atom. The molecule has 0 fully saturated rings. The van der Waals surface area contributed by atoms with Crippen LogP contribution in [-0.4, -0.2) is 11.1 Å². The Hall–Kier alpha value is -1.87. The fourth-order valence-electron chi connectivity index (χ4n) is 2.66. The van der Waals surface area contributed by atoms with Crippen molar-refractivity contribution in [3.63, 3.8) is 0 Å². The summed E-state index contributed by atoms with van der Waals surface area (Å²) in [7, 11) is 0. The van der Waals surface area contributed by atoms with E-state index in [0.717, 1.165) is 6.42 Å². The van der Waals surface area contributed by atoms with Crippen molar-refractivity contribution in [2.75, 3.05) is 0 Å². The van der Waals surface area contributed by atoms with Crippen LogP contribution < -0.4 is 0 Å². The number of aryl methyl sites for hydroxylation is 2. The van der Waals surface area contributed by atoms with Crippen LogP contribution in [0.15, 0.2) is 36.4 Å². The maximum Gasteiger partial charge on any atom is 0.303 e. The quantitative estimate of drug-likeness (QED) is 0.749. The Morgan fingerprint density at radius 2 is 2.00 bits per heavy atom. The molecular weight excluding hydrogens is 268 g/mol. The summed E-state index contributed by atoms with van der Waals surface area (Å²) >= 11 is 1.83. The van der Waals surface area contributed by atoms with Crippen LogP contribution in [0, 0.1) is 6.92 Å². The van der Waals surface area contributed by atoms with E-state index in [4.69, 9.17) is 5.11 Å². The molecule has 102 valence electrons. The second-order valence-electron chi connectivity index (χ2n) is 5.13. The SMILES string of the molecule is Cc1cc(CCCC(=O)O)cc2c1sc1ccccc12. The third kappa shape index (κ3) is 2.41. The standard InChI is InChI=1S/C17H16O2S/c1-11-9-12(5-4-8-16(18)19)10-14-13-6-2-3-7-15(13)20-17(11)14/h2-3,6-7,9-10H,4-5,8H2,1H3,(H,18,19). The van der Waals surface area contributed by atoms with E-state index in [2.05, 4.69) is 43.3 Å². The lowest BCUT2D eigenvalue weighted by Gasteiger charge is -2.04. The van der Waals surface area contributed by atoms with Gasteiger partial charge in [-0.25, -0.2) is 0 Å².